The minimum Gasteiger partial charge on any atom is -0.348 e. The van der Waals surface area contributed by atoms with Gasteiger partial charge in [0.1, 0.15) is 18.4 Å². The Morgan fingerprint density at radius 1 is 1.41 bits per heavy atom. The number of carbonyl (C=O) groups is 1. The molecular weight excluding hydrogens is 284 g/mol. The molecule has 7 heteroatoms. The Hall–Kier alpha value is -2.70. The molecule has 0 aliphatic heterocycles. The molecule has 0 saturated heterocycles. The van der Waals surface area contributed by atoms with Gasteiger partial charge in [-0.1, -0.05) is 37.3 Å². The molecule has 0 fully saturated rings. The largest absolute Gasteiger partial charge is 0.348 e. The number of benzene rings is 1. The fourth-order valence-electron chi connectivity index (χ4n) is 2.26. The van der Waals surface area contributed by atoms with Crippen LogP contribution >= 0.6 is 0 Å². The van der Waals surface area contributed by atoms with Crippen LogP contribution in [0, 0.1) is 17.0 Å². The highest BCUT2D eigenvalue weighted by Gasteiger charge is 2.19. The van der Waals surface area contributed by atoms with E-state index in [0.717, 1.165) is 18.2 Å². The lowest BCUT2D eigenvalue weighted by atomic mass is 10.0. The Morgan fingerprint density at radius 3 is 2.64 bits per heavy atom. The van der Waals surface area contributed by atoms with Crippen LogP contribution in [0.1, 0.15) is 30.6 Å². The summed E-state index contributed by atoms with van der Waals surface area (Å²) in [6.45, 7) is 3.53. The quantitative estimate of drug-likeness (QED) is 0.655. The number of rotatable bonds is 6. The van der Waals surface area contributed by atoms with E-state index < -0.39 is 4.92 Å². The zero-order valence-corrected chi connectivity index (χ0v) is 12.5. The maximum Gasteiger partial charge on any atom is 0.309 e. The molecule has 7 nitrogen and oxygen atoms in total. The van der Waals surface area contributed by atoms with Gasteiger partial charge in [0.2, 0.25) is 5.91 Å². The van der Waals surface area contributed by atoms with E-state index in [1.807, 2.05) is 37.3 Å². The third kappa shape index (κ3) is 3.49. The summed E-state index contributed by atoms with van der Waals surface area (Å²) < 4.78 is 1.34. The van der Waals surface area contributed by atoms with Crippen LogP contribution in [0.25, 0.3) is 0 Å². The fourth-order valence-corrected chi connectivity index (χ4v) is 2.26. The summed E-state index contributed by atoms with van der Waals surface area (Å²) in [4.78, 5) is 22.4. The van der Waals surface area contributed by atoms with E-state index >= 15 is 0 Å². The van der Waals surface area contributed by atoms with Crippen LogP contribution < -0.4 is 5.32 Å². The zero-order chi connectivity index (χ0) is 16.1. The second kappa shape index (κ2) is 6.84. The lowest BCUT2D eigenvalue weighted by Crippen LogP contribution is -2.31. The number of aromatic nitrogens is 2. The molecular formula is C15H18N4O3. The molecule has 0 aliphatic rings. The maximum absolute atomic E-state index is 12.1. The molecule has 0 spiro atoms. The molecule has 116 valence electrons. The standard InChI is InChI=1S/C15H18N4O3/c1-3-13(12-7-5-4-6-8-12)17-15(20)10-18-11(2)14(9-16-18)19(21)22/h4-9,13H,3,10H2,1-2H3,(H,17,20). The predicted molar refractivity (Wildman–Crippen MR) is 81.2 cm³/mol. The van der Waals surface area contributed by atoms with E-state index in [1.165, 1.54) is 4.68 Å². The minimum absolute atomic E-state index is 0.0387. The predicted octanol–water partition coefficient (Wildman–Crippen LogP) is 2.37. The van der Waals surface area contributed by atoms with Crippen molar-refractivity contribution in [2.75, 3.05) is 0 Å². The van der Waals surface area contributed by atoms with Crippen molar-refractivity contribution in [2.24, 2.45) is 0 Å². The van der Waals surface area contributed by atoms with Crippen LogP contribution in [0.4, 0.5) is 5.69 Å². The molecule has 2 aromatic rings. The molecule has 1 unspecified atom stereocenters. The summed E-state index contributed by atoms with van der Waals surface area (Å²) >= 11 is 0. The van der Waals surface area contributed by atoms with Crippen LogP contribution in [0.15, 0.2) is 36.5 Å². The second-order valence-electron chi connectivity index (χ2n) is 4.97. The molecule has 1 heterocycles. The third-order valence-corrected chi connectivity index (χ3v) is 3.51. The van der Waals surface area contributed by atoms with Gasteiger partial charge >= 0.3 is 5.69 Å². The summed E-state index contributed by atoms with van der Waals surface area (Å²) in [7, 11) is 0. The van der Waals surface area contributed by atoms with Crippen molar-refractivity contribution in [1.82, 2.24) is 15.1 Å². The highest BCUT2D eigenvalue weighted by Crippen LogP contribution is 2.17. The van der Waals surface area contributed by atoms with Crippen molar-refractivity contribution in [3.63, 3.8) is 0 Å². The Bertz CT molecular complexity index is 667. The third-order valence-electron chi connectivity index (χ3n) is 3.51. The molecule has 0 bridgehead atoms. The summed E-state index contributed by atoms with van der Waals surface area (Å²) in [6.07, 6.45) is 1.92. The van der Waals surface area contributed by atoms with E-state index in [1.54, 1.807) is 6.92 Å². The minimum atomic E-state index is -0.504. The summed E-state index contributed by atoms with van der Waals surface area (Å²) in [6, 6.07) is 9.59. The second-order valence-corrected chi connectivity index (χ2v) is 4.97. The topological polar surface area (TPSA) is 90.1 Å². The number of hydrogen-bond donors (Lipinski definition) is 1. The molecule has 1 aromatic carbocycles. The monoisotopic (exact) mass is 302 g/mol. The number of nitro groups is 1. The average Bonchev–Trinajstić information content (AvgIpc) is 2.87. The Kier molecular flexibility index (Phi) is 4.88. The smallest absolute Gasteiger partial charge is 0.309 e. The number of amides is 1. The van der Waals surface area contributed by atoms with Crippen molar-refractivity contribution in [2.45, 2.75) is 32.9 Å². The first kappa shape index (κ1) is 15.7. The van der Waals surface area contributed by atoms with Crippen molar-refractivity contribution < 1.29 is 9.72 Å². The van der Waals surface area contributed by atoms with Crippen molar-refractivity contribution in [3.05, 3.63) is 57.9 Å². The van der Waals surface area contributed by atoms with Gasteiger partial charge in [0.05, 0.1) is 11.0 Å². The molecule has 22 heavy (non-hydrogen) atoms. The highest BCUT2D eigenvalue weighted by molar-refractivity contribution is 5.76. The normalized spacial score (nSPS) is 11.9. The first-order chi connectivity index (χ1) is 10.5. The van der Waals surface area contributed by atoms with Gasteiger partial charge in [0.15, 0.2) is 0 Å². The maximum atomic E-state index is 12.1. The van der Waals surface area contributed by atoms with Crippen molar-refractivity contribution >= 4 is 11.6 Å². The molecule has 0 saturated carbocycles. The molecule has 2 rings (SSSR count). The molecule has 0 radical (unpaired) electrons. The highest BCUT2D eigenvalue weighted by atomic mass is 16.6. The SMILES string of the molecule is CCC(NC(=O)Cn1ncc([N+](=O)[O-])c1C)c1ccccc1. The first-order valence-corrected chi connectivity index (χ1v) is 7.04. The lowest BCUT2D eigenvalue weighted by molar-refractivity contribution is -0.385. The Morgan fingerprint density at radius 2 is 2.09 bits per heavy atom. The van der Waals surface area contributed by atoms with Crippen molar-refractivity contribution in [3.8, 4) is 0 Å². The van der Waals surface area contributed by atoms with Gasteiger partial charge in [-0.05, 0) is 18.9 Å². The van der Waals surface area contributed by atoms with Crippen LogP contribution in [0.3, 0.4) is 0 Å². The molecule has 1 amide bonds. The van der Waals surface area contributed by atoms with Crippen LogP contribution in [0.5, 0.6) is 0 Å². The lowest BCUT2D eigenvalue weighted by Gasteiger charge is -2.17. The van der Waals surface area contributed by atoms with Gasteiger partial charge in [0, 0.05) is 0 Å². The van der Waals surface area contributed by atoms with Crippen LogP contribution in [-0.4, -0.2) is 20.6 Å². The van der Waals surface area contributed by atoms with E-state index in [9.17, 15) is 14.9 Å². The zero-order valence-electron chi connectivity index (χ0n) is 12.5. The van der Waals surface area contributed by atoms with Gasteiger partial charge in [-0.3, -0.25) is 19.6 Å². The van der Waals surface area contributed by atoms with E-state index in [2.05, 4.69) is 10.4 Å². The number of nitrogens with one attached hydrogen (secondary N) is 1. The summed E-state index contributed by atoms with van der Waals surface area (Å²) in [5, 5.41) is 17.6. The number of hydrogen-bond acceptors (Lipinski definition) is 4. The first-order valence-electron chi connectivity index (χ1n) is 7.04. The van der Waals surface area contributed by atoms with Crippen LogP contribution in [0.2, 0.25) is 0 Å². The Balaban J connectivity index is 2.05. The average molecular weight is 302 g/mol. The number of carbonyl (C=O) groups excluding carboxylic acids is 1. The molecule has 1 aromatic heterocycles. The van der Waals surface area contributed by atoms with Gasteiger partial charge in [-0.15, -0.1) is 0 Å². The Labute approximate surface area is 128 Å². The van der Waals surface area contributed by atoms with Gasteiger partial charge in [-0.2, -0.15) is 5.10 Å². The van der Waals surface area contributed by atoms with E-state index in [-0.39, 0.29) is 24.2 Å². The van der Waals surface area contributed by atoms with E-state index in [4.69, 9.17) is 0 Å². The molecule has 1 N–H and O–H groups in total. The molecule has 1 atom stereocenters. The van der Waals surface area contributed by atoms with Gasteiger partial charge in [0.25, 0.3) is 0 Å². The van der Waals surface area contributed by atoms with E-state index in [0.29, 0.717) is 5.69 Å². The van der Waals surface area contributed by atoms with Crippen LogP contribution in [-0.2, 0) is 11.3 Å². The van der Waals surface area contributed by atoms with Gasteiger partial charge < -0.3 is 5.32 Å². The molecule has 0 aliphatic carbocycles. The number of nitrogens with zero attached hydrogens (tertiary/aromatic N) is 3. The summed E-state index contributed by atoms with van der Waals surface area (Å²) in [5.41, 5.74) is 1.32. The fraction of sp³-hybridized carbons (Fsp3) is 0.333. The van der Waals surface area contributed by atoms with Gasteiger partial charge in [-0.25, -0.2) is 0 Å². The summed E-state index contributed by atoms with van der Waals surface area (Å²) in [5.74, 6) is -0.225. The van der Waals surface area contributed by atoms with Crippen molar-refractivity contribution in [1.29, 1.82) is 0 Å².